The van der Waals surface area contributed by atoms with Crippen LogP contribution in [0.2, 0.25) is 0 Å². The van der Waals surface area contributed by atoms with Crippen molar-refractivity contribution in [2.24, 2.45) is 5.73 Å². The molecule has 0 saturated carbocycles. The van der Waals surface area contributed by atoms with Gasteiger partial charge in [-0.25, -0.2) is 0 Å². The quantitative estimate of drug-likeness (QED) is 0.738. The van der Waals surface area contributed by atoms with Gasteiger partial charge in [-0.3, -0.25) is 19.7 Å². The SMILES string of the molecule is [2H]C1([2H])CC(N2Cc3cc(CN)ccc3C2=O)C(=O)NC1=O. The van der Waals surface area contributed by atoms with Crippen molar-refractivity contribution in [1.29, 1.82) is 0 Å². The largest absolute Gasteiger partial charge is 0.326 e. The van der Waals surface area contributed by atoms with Gasteiger partial charge in [0.25, 0.3) is 5.91 Å². The fraction of sp³-hybridized carbons (Fsp3) is 0.357. The molecule has 20 heavy (non-hydrogen) atoms. The maximum absolute atomic E-state index is 12.4. The Labute approximate surface area is 118 Å². The second-order valence-corrected chi connectivity index (χ2v) is 4.84. The van der Waals surface area contributed by atoms with Crippen molar-refractivity contribution in [3.8, 4) is 0 Å². The summed E-state index contributed by atoms with van der Waals surface area (Å²) in [6.07, 6.45) is -2.50. The lowest BCUT2D eigenvalue weighted by molar-refractivity contribution is -0.136. The van der Waals surface area contributed by atoms with Crippen molar-refractivity contribution in [2.75, 3.05) is 0 Å². The third-order valence-electron chi connectivity index (χ3n) is 3.61. The molecule has 6 heteroatoms. The number of nitrogens with one attached hydrogen (secondary N) is 1. The molecule has 1 aromatic rings. The summed E-state index contributed by atoms with van der Waals surface area (Å²) in [5.74, 6) is -1.92. The molecule has 1 unspecified atom stereocenters. The van der Waals surface area contributed by atoms with Crippen molar-refractivity contribution >= 4 is 17.7 Å². The Bertz CT molecular complexity index is 690. The Kier molecular flexibility index (Phi) is 2.49. The maximum atomic E-state index is 12.4. The predicted molar refractivity (Wildman–Crippen MR) is 70.4 cm³/mol. The smallest absolute Gasteiger partial charge is 0.255 e. The molecule has 0 spiro atoms. The van der Waals surface area contributed by atoms with E-state index < -0.39 is 24.2 Å². The van der Waals surface area contributed by atoms with Gasteiger partial charge in [-0.2, -0.15) is 0 Å². The number of hydrogen-bond donors (Lipinski definition) is 2. The number of piperidine rings is 1. The highest BCUT2D eigenvalue weighted by atomic mass is 16.2. The van der Waals surface area contributed by atoms with E-state index in [1.54, 1.807) is 12.1 Å². The zero-order valence-corrected chi connectivity index (χ0v) is 10.7. The summed E-state index contributed by atoms with van der Waals surface area (Å²) in [4.78, 5) is 37.2. The topological polar surface area (TPSA) is 92.5 Å². The first kappa shape index (κ1) is 10.6. The average molecular weight is 275 g/mol. The highest BCUT2D eigenvalue weighted by Crippen LogP contribution is 2.28. The van der Waals surface area contributed by atoms with Crippen LogP contribution in [0.3, 0.4) is 0 Å². The van der Waals surface area contributed by atoms with Crippen molar-refractivity contribution in [3.05, 3.63) is 34.9 Å². The van der Waals surface area contributed by atoms with Gasteiger partial charge in [-0.05, 0) is 23.6 Å². The normalized spacial score (nSPS) is 25.9. The first-order valence-corrected chi connectivity index (χ1v) is 6.31. The molecule has 3 rings (SSSR count). The molecule has 1 aromatic carbocycles. The van der Waals surface area contributed by atoms with E-state index in [1.165, 1.54) is 4.90 Å². The van der Waals surface area contributed by atoms with Crippen molar-refractivity contribution in [3.63, 3.8) is 0 Å². The van der Waals surface area contributed by atoms with Crippen LogP contribution >= 0.6 is 0 Å². The first-order valence-electron chi connectivity index (χ1n) is 7.31. The zero-order valence-electron chi connectivity index (χ0n) is 12.7. The van der Waals surface area contributed by atoms with Gasteiger partial charge in [0.15, 0.2) is 0 Å². The lowest BCUT2D eigenvalue weighted by Gasteiger charge is -2.29. The minimum atomic E-state index is -2.17. The fourth-order valence-electron chi connectivity index (χ4n) is 2.55. The van der Waals surface area contributed by atoms with Gasteiger partial charge in [0.05, 0.1) is 0 Å². The predicted octanol–water partition coefficient (Wildman–Crippen LogP) is -0.0937. The minimum Gasteiger partial charge on any atom is -0.326 e. The number of rotatable bonds is 2. The number of nitrogens with zero attached hydrogens (tertiary/aromatic N) is 1. The number of fused-ring (bicyclic) bond motifs is 1. The fourth-order valence-corrected chi connectivity index (χ4v) is 2.55. The van der Waals surface area contributed by atoms with Crippen LogP contribution in [0.1, 0.15) is 37.0 Å². The molecule has 1 saturated heterocycles. The summed E-state index contributed by atoms with van der Waals surface area (Å²) in [5, 5.41) is 2.00. The van der Waals surface area contributed by atoms with E-state index in [2.05, 4.69) is 0 Å². The molecule has 2 aliphatic heterocycles. The van der Waals surface area contributed by atoms with Crippen molar-refractivity contribution in [1.82, 2.24) is 10.2 Å². The van der Waals surface area contributed by atoms with E-state index in [9.17, 15) is 14.4 Å². The summed E-state index contributed by atoms with van der Waals surface area (Å²) in [5.41, 5.74) is 7.71. The monoisotopic (exact) mass is 275 g/mol. The van der Waals surface area contributed by atoms with Gasteiger partial charge in [0, 0.05) is 27.8 Å². The molecule has 1 fully saturated rings. The number of amides is 3. The molecule has 3 amide bonds. The van der Waals surface area contributed by atoms with Crippen LogP contribution in [0.15, 0.2) is 18.2 Å². The molecule has 6 nitrogen and oxygen atoms in total. The Morgan fingerprint density at radius 1 is 1.40 bits per heavy atom. The third kappa shape index (κ3) is 1.98. The molecule has 0 aromatic heterocycles. The van der Waals surface area contributed by atoms with Crippen LogP contribution in [0.25, 0.3) is 0 Å². The van der Waals surface area contributed by atoms with Gasteiger partial charge in [0.1, 0.15) is 6.04 Å². The number of hydrogen-bond acceptors (Lipinski definition) is 4. The summed E-state index contributed by atoms with van der Waals surface area (Å²) in [6, 6.07) is 4.24. The van der Waals surface area contributed by atoms with Crippen LogP contribution in [-0.2, 0) is 22.7 Å². The molecular formula is C14H15N3O3. The number of benzene rings is 1. The maximum Gasteiger partial charge on any atom is 0.255 e. The third-order valence-corrected chi connectivity index (χ3v) is 3.61. The van der Waals surface area contributed by atoms with Gasteiger partial charge < -0.3 is 10.6 Å². The molecule has 104 valence electrons. The van der Waals surface area contributed by atoms with Crippen LogP contribution in [-0.4, -0.2) is 28.7 Å². The Hall–Kier alpha value is -2.21. The standard InChI is InChI=1S/C14H15N3O3/c15-6-8-1-2-10-9(5-8)7-17(14(10)20)11-3-4-12(18)16-13(11)19/h1-2,5,11H,3-4,6-7,15H2,(H,16,18,19)/i4D2. The summed E-state index contributed by atoms with van der Waals surface area (Å²) >= 11 is 0. The van der Waals surface area contributed by atoms with Gasteiger partial charge in [0.2, 0.25) is 11.8 Å². The van der Waals surface area contributed by atoms with E-state index in [0.29, 0.717) is 12.1 Å². The zero-order chi connectivity index (χ0) is 16.1. The number of imide groups is 1. The second-order valence-electron chi connectivity index (χ2n) is 4.84. The summed E-state index contributed by atoms with van der Waals surface area (Å²) in [7, 11) is 0. The van der Waals surface area contributed by atoms with E-state index in [0.717, 1.165) is 11.1 Å². The van der Waals surface area contributed by atoms with E-state index in [-0.39, 0.29) is 18.9 Å². The van der Waals surface area contributed by atoms with Gasteiger partial charge in [-0.15, -0.1) is 0 Å². The molecular weight excluding hydrogens is 258 g/mol. The molecule has 1 atom stereocenters. The molecule has 2 aliphatic rings. The van der Waals surface area contributed by atoms with Gasteiger partial charge in [-0.1, -0.05) is 12.1 Å². The lowest BCUT2D eigenvalue weighted by Crippen LogP contribution is -2.52. The van der Waals surface area contributed by atoms with E-state index in [1.807, 2.05) is 11.4 Å². The highest BCUT2D eigenvalue weighted by Gasteiger charge is 2.38. The van der Waals surface area contributed by atoms with Crippen LogP contribution in [0.4, 0.5) is 0 Å². The van der Waals surface area contributed by atoms with Crippen molar-refractivity contribution < 1.29 is 17.1 Å². The van der Waals surface area contributed by atoms with Crippen LogP contribution in [0.5, 0.6) is 0 Å². The second kappa shape index (κ2) is 4.72. The average Bonchev–Trinajstić information content (AvgIpc) is 2.79. The van der Waals surface area contributed by atoms with Crippen LogP contribution < -0.4 is 11.1 Å². The Morgan fingerprint density at radius 2 is 2.20 bits per heavy atom. The summed E-state index contributed by atoms with van der Waals surface area (Å²) in [6.45, 7) is 0.562. The van der Waals surface area contributed by atoms with Gasteiger partial charge >= 0.3 is 0 Å². The summed E-state index contributed by atoms with van der Waals surface area (Å²) < 4.78 is 15.3. The minimum absolute atomic E-state index is 0.213. The van der Waals surface area contributed by atoms with E-state index >= 15 is 0 Å². The van der Waals surface area contributed by atoms with Crippen LogP contribution in [0, 0.1) is 0 Å². The molecule has 0 aliphatic carbocycles. The Morgan fingerprint density at radius 3 is 2.95 bits per heavy atom. The molecule has 3 N–H and O–H groups in total. The Balaban J connectivity index is 1.89. The van der Waals surface area contributed by atoms with E-state index in [4.69, 9.17) is 8.48 Å². The number of carbonyl (C=O) groups excluding carboxylic acids is 3. The first-order chi connectivity index (χ1) is 10.3. The highest BCUT2D eigenvalue weighted by molar-refractivity contribution is 6.05. The molecule has 0 bridgehead atoms. The number of nitrogens with two attached hydrogens (primary N) is 1. The van der Waals surface area contributed by atoms with Crippen molar-refractivity contribution in [2.45, 2.75) is 31.9 Å². The molecule has 0 radical (unpaired) electrons. The lowest BCUT2D eigenvalue weighted by atomic mass is 10.0. The number of carbonyl (C=O) groups is 3. The molecule has 2 heterocycles.